The largest absolute Gasteiger partial charge is 0.454 e. The van der Waals surface area contributed by atoms with E-state index < -0.39 is 0 Å². The number of thiophene rings is 1. The van der Waals surface area contributed by atoms with Gasteiger partial charge in [0.15, 0.2) is 5.58 Å². The van der Waals surface area contributed by atoms with Gasteiger partial charge in [0.25, 0.3) is 0 Å². The quantitative estimate of drug-likeness (QED) is 0.154. The number of hydrogen-bond acceptors (Lipinski definition) is 3. The number of fused-ring (bicyclic) bond motifs is 15. The SMILES string of the molecule is Cc1cc2c(cc1N1c3c4c(cc5ccccc35)-c3cccc5c6oc7ccccc7c6n(c35)B4c3sc4cc5c(cc4c31)C(C)(C)CCC5(C)C)C(C)(C)CCC2(C)C. The summed E-state index contributed by atoms with van der Waals surface area (Å²) in [6, 6.07) is 37.7. The zero-order valence-corrected chi connectivity index (χ0v) is 37.2. The van der Waals surface area contributed by atoms with Gasteiger partial charge in [0.1, 0.15) is 5.58 Å². The van der Waals surface area contributed by atoms with Gasteiger partial charge in [-0.05, 0) is 141 Å². The van der Waals surface area contributed by atoms with Crippen molar-refractivity contribution in [3.05, 3.63) is 125 Å². The van der Waals surface area contributed by atoms with E-state index in [0.717, 1.165) is 11.2 Å². The molecule has 0 fully saturated rings. The topological polar surface area (TPSA) is 21.3 Å². The average Bonchev–Trinajstić information content (AvgIpc) is 3.89. The molecule has 0 amide bonds. The van der Waals surface area contributed by atoms with Crippen molar-refractivity contribution in [3.63, 3.8) is 0 Å². The van der Waals surface area contributed by atoms with E-state index in [-0.39, 0.29) is 28.5 Å². The number of furan rings is 1. The molecular weight excluding hydrogens is 747 g/mol. The highest BCUT2D eigenvalue weighted by molar-refractivity contribution is 7.32. The lowest BCUT2D eigenvalue weighted by atomic mass is 9.48. The highest BCUT2D eigenvalue weighted by atomic mass is 32.1. The van der Waals surface area contributed by atoms with E-state index in [9.17, 15) is 0 Å². The van der Waals surface area contributed by atoms with Gasteiger partial charge in [-0.25, -0.2) is 0 Å². The van der Waals surface area contributed by atoms with E-state index >= 15 is 0 Å². The third kappa shape index (κ3) is 4.32. The van der Waals surface area contributed by atoms with Crippen molar-refractivity contribution in [2.24, 2.45) is 0 Å². The Morgan fingerprint density at radius 3 is 1.92 bits per heavy atom. The Kier molecular flexibility index (Phi) is 6.60. The third-order valence-corrected chi connectivity index (χ3v) is 17.2. The molecule has 60 heavy (non-hydrogen) atoms. The summed E-state index contributed by atoms with van der Waals surface area (Å²) in [6.07, 6.45) is 4.77. The van der Waals surface area contributed by atoms with Crippen molar-refractivity contribution >= 4 is 99.3 Å². The number of aromatic nitrogens is 1. The molecule has 0 unspecified atom stereocenters. The van der Waals surface area contributed by atoms with Crippen LogP contribution in [0.2, 0.25) is 0 Å². The first-order valence-corrected chi connectivity index (χ1v) is 23.0. The first-order chi connectivity index (χ1) is 28.6. The highest BCUT2D eigenvalue weighted by Crippen LogP contribution is 2.56. The van der Waals surface area contributed by atoms with Crippen LogP contribution in [0.25, 0.3) is 65.0 Å². The molecule has 9 aromatic rings. The van der Waals surface area contributed by atoms with Crippen LogP contribution in [0.15, 0.2) is 101 Å². The number of benzene rings is 6. The monoisotopic (exact) mass is 798 g/mol. The van der Waals surface area contributed by atoms with Gasteiger partial charge in [-0.2, -0.15) is 0 Å². The molecule has 0 spiro atoms. The van der Waals surface area contributed by atoms with Crippen LogP contribution in [-0.2, 0) is 21.7 Å². The van der Waals surface area contributed by atoms with E-state index in [1.54, 1.807) is 0 Å². The fraction of sp³-hybridized carbons (Fsp3) is 0.309. The second-order valence-electron chi connectivity index (χ2n) is 21.4. The van der Waals surface area contributed by atoms with Gasteiger partial charge in [-0.15, -0.1) is 11.3 Å². The number of nitrogens with zero attached hydrogens (tertiary/aromatic N) is 2. The average molecular weight is 799 g/mol. The van der Waals surface area contributed by atoms with Crippen molar-refractivity contribution in [2.45, 2.75) is 110 Å². The smallest absolute Gasteiger partial charge is 0.343 e. The molecule has 296 valence electrons. The highest BCUT2D eigenvalue weighted by Gasteiger charge is 2.48. The number of anilines is 3. The van der Waals surface area contributed by atoms with Gasteiger partial charge in [0, 0.05) is 47.8 Å². The molecule has 6 aromatic carbocycles. The second-order valence-corrected chi connectivity index (χ2v) is 22.5. The summed E-state index contributed by atoms with van der Waals surface area (Å²) in [6.45, 7) is 22.1. The molecule has 0 radical (unpaired) electrons. The molecule has 0 bridgehead atoms. The van der Waals surface area contributed by atoms with Crippen molar-refractivity contribution in [1.82, 2.24) is 4.48 Å². The number of rotatable bonds is 1. The molecule has 3 aromatic heterocycles. The molecule has 13 rings (SSSR count). The Labute approximate surface area is 357 Å². The van der Waals surface area contributed by atoms with Crippen molar-refractivity contribution < 1.29 is 4.42 Å². The maximum atomic E-state index is 6.88. The molecule has 5 heterocycles. The lowest BCUT2D eigenvalue weighted by molar-refractivity contribution is 0.332. The molecule has 0 atom stereocenters. The summed E-state index contributed by atoms with van der Waals surface area (Å²) >= 11 is 2.04. The fourth-order valence-electron chi connectivity index (χ4n) is 12.4. The summed E-state index contributed by atoms with van der Waals surface area (Å²) < 4.78 is 12.4. The summed E-state index contributed by atoms with van der Waals surface area (Å²) in [5.74, 6) is 0. The second kappa shape index (κ2) is 11.2. The van der Waals surface area contributed by atoms with E-state index in [1.165, 1.54) is 135 Å². The summed E-state index contributed by atoms with van der Waals surface area (Å²) in [5.41, 5.74) is 20.2. The maximum Gasteiger partial charge on any atom is 0.343 e. The Balaban J connectivity index is 1.25. The maximum absolute atomic E-state index is 6.88. The van der Waals surface area contributed by atoms with E-state index in [1.807, 2.05) is 11.3 Å². The van der Waals surface area contributed by atoms with Crippen molar-refractivity contribution in [3.8, 4) is 11.1 Å². The molecule has 0 N–H and O–H groups in total. The summed E-state index contributed by atoms with van der Waals surface area (Å²) in [5, 5.41) is 6.34. The Bertz CT molecular complexity index is 3420. The third-order valence-electron chi connectivity index (χ3n) is 16.0. The minimum Gasteiger partial charge on any atom is -0.454 e. The molecular formula is C55H51BN2OS. The number of aryl methyl sites for hydroxylation is 1. The molecule has 3 nitrogen and oxygen atoms in total. The number of hydrogen-bond donors (Lipinski definition) is 0. The zero-order valence-electron chi connectivity index (χ0n) is 36.4. The van der Waals surface area contributed by atoms with Gasteiger partial charge >= 0.3 is 6.85 Å². The first-order valence-electron chi connectivity index (χ1n) is 22.2. The van der Waals surface area contributed by atoms with Crippen LogP contribution in [-0.4, -0.2) is 11.3 Å². The standard InChI is InChI=1S/C55H51BN2OS/c1-30-25-38-40(54(6,7)23-21-52(38,2)3)28-42(30)57-47-32-16-11-10-15-31(32)26-36-33-18-14-19-35-46(33)58(48-34-17-12-13-20-43(34)59-50(35)48)56(45(36)47)51-49(57)37-27-39-41(29-44(37)60-51)55(8,9)24-22-53(39,4)5/h10-20,25-29H,21-24H2,1-9H3. The molecule has 5 heteroatoms. The molecule has 0 saturated carbocycles. The van der Waals surface area contributed by atoms with Gasteiger partial charge in [0.2, 0.25) is 0 Å². The van der Waals surface area contributed by atoms with Crippen molar-refractivity contribution in [1.29, 1.82) is 0 Å². The zero-order chi connectivity index (χ0) is 41.0. The molecule has 2 aliphatic heterocycles. The molecule has 2 aliphatic carbocycles. The lowest BCUT2D eigenvalue weighted by Crippen LogP contribution is -2.55. The van der Waals surface area contributed by atoms with E-state index in [4.69, 9.17) is 4.42 Å². The van der Waals surface area contributed by atoms with Gasteiger partial charge in [-0.1, -0.05) is 110 Å². The number of para-hydroxylation sites is 2. The van der Waals surface area contributed by atoms with Crippen LogP contribution in [0.5, 0.6) is 0 Å². The van der Waals surface area contributed by atoms with Gasteiger partial charge in [0.05, 0.1) is 16.9 Å². The normalized spacial score (nSPS) is 18.9. The van der Waals surface area contributed by atoms with Crippen LogP contribution < -0.4 is 15.1 Å². The Morgan fingerprint density at radius 2 is 1.18 bits per heavy atom. The predicted molar refractivity (Wildman–Crippen MR) is 258 cm³/mol. The van der Waals surface area contributed by atoms with Crippen LogP contribution in [0.3, 0.4) is 0 Å². The minimum absolute atomic E-state index is 0.0366. The summed E-state index contributed by atoms with van der Waals surface area (Å²) in [7, 11) is 0. The molecule has 0 saturated heterocycles. The fourth-order valence-corrected chi connectivity index (χ4v) is 13.7. The van der Waals surface area contributed by atoms with Crippen molar-refractivity contribution in [2.75, 3.05) is 4.90 Å². The predicted octanol–water partition coefficient (Wildman–Crippen LogP) is 14.3. The summed E-state index contributed by atoms with van der Waals surface area (Å²) in [4.78, 5) is 2.77. The van der Waals surface area contributed by atoms with E-state index in [0.29, 0.717) is 0 Å². The van der Waals surface area contributed by atoms with Crippen LogP contribution in [0, 0.1) is 6.92 Å². The van der Waals surface area contributed by atoms with Gasteiger partial charge in [-0.3, -0.25) is 0 Å². The van der Waals surface area contributed by atoms with Crippen LogP contribution in [0.1, 0.15) is 109 Å². The Morgan fingerprint density at radius 1 is 0.567 bits per heavy atom. The van der Waals surface area contributed by atoms with E-state index in [2.05, 4.69) is 169 Å². The minimum atomic E-state index is -0.0366. The Hall–Kier alpha value is -5.26. The van der Waals surface area contributed by atoms with Crippen LogP contribution in [0.4, 0.5) is 17.1 Å². The molecule has 4 aliphatic rings. The first kappa shape index (κ1) is 35.5. The van der Waals surface area contributed by atoms with Crippen LogP contribution >= 0.6 is 11.3 Å². The lowest BCUT2D eigenvalue weighted by Gasteiger charge is -2.44. The van der Waals surface area contributed by atoms with Gasteiger partial charge < -0.3 is 13.8 Å².